The zero-order valence-electron chi connectivity index (χ0n) is 11.5. The Kier molecular flexibility index (Phi) is 4.71. The second kappa shape index (κ2) is 6.30. The average Bonchev–Trinajstić information content (AvgIpc) is 2.76. The van der Waals surface area contributed by atoms with Crippen LogP contribution in [0.3, 0.4) is 0 Å². The molecular formula is C14H19BrN4. The van der Waals surface area contributed by atoms with Gasteiger partial charge in [0.25, 0.3) is 0 Å². The molecule has 2 heterocycles. The van der Waals surface area contributed by atoms with Crippen molar-refractivity contribution in [1.29, 1.82) is 0 Å². The van der Waals surface area contributed by atoms with Crippen LogP contribution in [0.2, 0.25) is 0 Å². The first-order valence-electron chi connectivity index (χ1n) is 6.52. The molecule has 0 aliphatic rings. The van der Waals surface area contributed by atoms with Gasteiger partial charge >= 0.3 is 0 Å². The Balaban J connectivity index is 2.51. The SMILES string of the molecule is CCNC(c1ccncc1CC)c1c(Br)cnn1C. The standard InChI is InChI=1S/C14H19BrN4/c1-4-10-8-16-7-6-11(10)13(17-5-2)14-12(15)9-18-19(14)3/h6-9,13,17H,4-5H2,1-3H3. The van der Waals surface area contributed by atoms with Gasteiger partial charge in [-0.3, -0.25) is 9.67 Å². The maximum atomic E-state index is 4.31. The Bertz CT molecular complexity index is 531. The van der Waals surface area contributed by atoms with E-state index in [1.54, 1.807) is 0 Å². The molecule has 0 aliphatic carbocycles. The third-order valence-corrected chi connectivity index (χ3v) is 3.86. The largest absolute Gasteiger partial charge is 0.305 e. The van der Waals surface area contributed by atoms with E-state index in [9.17, 15) is 0 Å². The summed E-state index contributed by atoms with van der Waals surface area (Å²) in [4.78, 5) is 4.22. The first-order valence-corrected chi connectivity index (χ1v) is 7.31. The van der Waals surface area contributed by atoms with E-state index in [0.29, 0.717) is 0 Å². The molecule has 0 radical (unpaired) electrons. The van der Waals surface area contributed by atoms with E-state index < -0.39 is 0 Å². The zero-order valence-corrected chi connectivity index (χ0v) is 13.1. The average molecular weight is 323 g/mol. The van der Waals surface area contributed by atoms with Gasteiger partial charge in [0.1, 0.15) is 0 Å². The van der Waals surface area contributed by atoms with E-state index in [-0.39, 0.29) is 6.04 Å². The molecule has 0 aromatic carbocycles. The van der Waals surface area contributed by atoms with Crippen LogP contribution in [-0.4, -0.2) is 21.3 Å². The lowest BCUT2D eigenvalue weighted by molar-refractivity contribution is 0.567. The van der Waals surface area contributed by atoms with Crippen LogP contribution in [-0.2, 0) is 13.5 Å². The Morgan fingerprint density at radius 3 is 2.74 bits per heavy atom. The van der Waals surface area contributed by atoms with Crippen molar-refractivity contribution in [1.82, 2.24) is 20.1 Å². The molecule has 0 saturated heterocycles. The highest BCUT2D eigenvalue weighted by molar-refractivity contribution is 9.10. The van der Waals surface area contributed by atoms with E-state index in [0.717, 1.165) is 23.1 Å². The molecule has 102 valence electrons. The summed E-state index contributed by atoms with van der Waals surface area (Å²) in [5.41, 5.74) is 3.67. The van der Waals surface area contributed by atoms with Gasteiger partial charge in [-0.2, -0.15) is 5.10 Å². The smallest absolute Gasteiger partial charge is 0.0763 e. The lowest BCUT2D eigenvalue weighted by Crippen LogP contribution is -2.25. The molecule has 2 aromatic rings. The van der Waals surface area contributed by atoms with Gasteiger partial charge in [0.05, 0.1) is 22.4 Å². The van der Waals surface area contributed by atoms with Gasteiger partial charge in [-0.15, -0.1) is 0 Å². The molecule has 0 fully saturated rings. The van der Waals surface area contributed by atoms with Crippen LogP contribution >= 0.6 is 15.9 Å². The van der Waals surface area contributed by atoms with Crippen molar-refractivity contribution in [2.24, 2.45) is 7.05 Å². The lowest BCUT2D eigenvalue weighted by Gasteiger charge is -2.21. The van der Waals surface area contributed by atoms with Gasteiger partial charge in [-0.25, -0.2) is 0 Å². The van der Waals surface area contributed by atoms with Gasteiger partial charge in [0.2, 0.25) is 0 Å². The molecule has 19 heavy (non-hydrogen) atoms. The monoisotopic (exact) mass is 322 g/mol. The molecule has 5 heteroatoms. The minimum atomic E-state index is 0.129. The third kappa shape index (κ3) is 2.87. The fourth-order valence-corrected chi connectivity index (χ4v) is 2.90. The van der Waals surface area contributed by atoms with Crippen molar-refractivity contribution in [2.75, 3.05) is 6.54 Å². The van der Waals surface area contributed by atoms with Crippen LogP contribution in [0.15, 0.2) is 29.1 Å². The molecule has 0 saturated carbocycles. The Morgan fingerprint density at radius 1 is 1.37 bits per heavy atom. The van der Waals surface area contributed by atoms with E-state index in [1.165, 1.54) is 11.1 Å². The number of hydrogen-bond donors (Lipinski definition) is 1. The van der Waals surface area contributed by atoms with Crippen molar-refractivity contribution >= 4 is 15.9 Å². The number of halogens is 1. The maximum Gasteiger partial charge on any atom is 0.0763 e. The summed E-state index contributed by atoms with van der Waals surface area (Å²) in [6, 6.07) is 2.22. The Hall–Kier alpha value is -1.20. The number of nitrogens with zero attached hydrogens (tertiary/aromatic N) is 3. The van der Waals surface area contributed by atoms with Crippen LogP contribution in [0.1, 0.15) is 36.7 Å². The predicted molar refractivity (Wildman–Crippen MR) is 80.0 cm³/mol. The summed E-state index contributed by atoms with van der Waals surface area (Å²) in [5, 5.41) is 7.85. The van der Waals surface area contributed by atoms with Gasteiger partial charge in [-0.05, 0) is 46.1 Å². The van der Waals surface area contributed by atoms with Gasteiger partial charge in [0.15, 0.2) is 0 Å². The van der Waals surface area contributed by atoms with E-state index >= 15 is 0 Å². The molecule has 1 atom stereocenters. The van der Waals surface area contributed by atoms with Crippen molar-refractivity contribution in [3.8, 4) is 0 Å². The van der Waals surface area contributed by atoms with E-state index in [2.05, 4.69) is 51.2 Å². The highest BCUT2D eigenvalue weighted by Gasteiger charge is 2.21. The zero-order chi connectivity index (χ0) is 13.8. The van der Waals surface area contributed by atoms with Gasteiger partial charge in [0, 0.05) is 19.4 Å². The molecule has 0 aliphatic heterocycles. The number of nitrogens with one attached hydrogen (secondary N) is 1. The van der Waals surface area contributed by atoms with Crippen molar-refractivity contribution in [3.05, 3.63) is 46.0 Å². The molecule has 2 aromatic heterocycles. The van der Waals surface area contributed by atoms with Gasteiger partial charge < -0.3 is 5.32 Å². The molecule has 2 rings (SSSR count). The number of hydrogen-bond acceptors (Lipinski definition) is 3. The normalized spacial score (nSPS) is 12.6. The molecule has 1 unspecified atom stereocenters. The number of aryl methyl sites for hydroxylation is 2. The minimum Gasteiger partial charge on any atom is -0.305 e. The summed E-state index contributed by atoms with van der Waals surface area (Å²) >= 11 is 3.59. The van der Waals surface area contributed by atoms with Crippen molar-refractivity contribution in [2.45, 2.75) is 26.3 Å². The second-order valence-electron chi connectivity index (χ2n) is 4.42. The second-order valence-corrected chi connectivity index (χ2v) is 5.27. The van der Waals surface area contributed by atoms with Crippen LogP contribution in [0.4, 0.5) is 0 Å². The Morgan fingerprint density at radius 2 is 2.16 bits per heavy atom. The molecule has 1 N–H and O–H groups in total. The third-order valence-electron chi connectivity index (χ3n) is 3.25. The topological polar surface area (TPSA) is 42.7 Å². The van der Waals surface area contributed by atoms with Crippen molar-refractivity contribution in [3.63, 3.8) is 0 Å². The predicted octanol–water partition coefficient (Wildman–Crippen LogP) is 2.84. The first-order chi connectivity index (χ1) is 9.19. The quantitative estimate of drug-likeness (QED) is 0.920. The van der Waals surface area contributed by atoms with Crippen LogP contribution in [0.5, 0.6) is 0 Å². The van der Waals surface area contributed by atoms with Crippen molar-refractivity contribution < 1.29 is 0 Å². The van der Waals surface area contributed by atoms with E-state index in [1.807, 2.05) is 30.3 Å². The van der Waals surface area contributed by atoms with Gasteiger partial charge in [-0.1, -0.05) is 13.8 Å². The summed E-state index contributed by atoms with van der Waals surface area (Å²) in [6.07, 6.45) is 6.61. The fraction of sp³-hybridized carbons (Fsp3) is 0.429. The van der Waals surface area contributed by atoms with E-state index in [4.69, 9.17) is 0 Å². The number of aromatic nitrogens is 3. The minimum absolute atomic E-state index is 0.129. The summed E-state index contributed by atoms with van der Waals surface area (Å²) in [6.45, 7) is 5.17. The number of rotatable bonds is 5. The van der Waals surface area contributed by atoms with Crippen LogP contribution < -0.4 is 5.32 Å². The summed E-state index contributed by atoms with van der Waals surface area (Å²) in [5.74, 6) is 0. The Labute approximate surface area is 122 Å². The molecular weight excluding hydrogens is 304 g/mol. The van der Waals surface area contributed by atoms with Crippen LogP contribution in [0.25, 0.3) is 0 Å². The molecule has 4 nitrogen and oxygen atoms in total. The summed E-state index contributed by atoms with van der Waals surface area (Å²) in [7, 11) is 1.97. The maximum absolute atomic E-state index is 4.31. The summed E-state index contributed by atoms with van der Waals surface area (Å²) < 4.78 is 2.94. The number of pyridine rings is 1. The first kappa shape index (κ1) is 14.2. The molecule has 0 bridgehead atoms. The van der Waals surface area contributed by atoms with Crippen LogP contribution in [0, 0.1) is 0 Å². The molecule has 0 spiro atoms. The molecule has 0 amide bonds. The lowest BCUT2D eigenvalue weighted by atomic mass is 9.98. The highest BCUT2D eigenvalue weighted by Crippen LogP contribution is 2.29. The highest BCUT2D eigenvalue weighted by atomic mass is 79.9. The fourth-order valence-electron chi connectivity index (χ4n) is 2.32.